The van der Waals surface area contributed by atoms with E-state index in [1.165, 1.54) is 23.5 Å². The van der Waals surface area contributed by atoms with Crippen molar-refractivity contribution >= 4 is 21.6 Å². The van der Waals surface area contributed by atoms with Crippen molar-refractivity contribution in [2.24, 2.45) is 5.92 Å². The first-order valence-electron chi connectivity index (χ1n) is 6.85. The van der Waals surface area contributed by atoms with Crippen LogP contribution in [0.4, 0.5) is 4.39 Å². The summed E-state index contributed by atoms with van der Waals surface area (Å²) in [5, 5.41) is 9.69. The molecule has 1 aliphatic carbocycles. The number of nitrogens with zero attached hydrogens (tertiary/aromatic N) is 1. The highest BCUT2D eigenvalue weighted by molar-refractivity contribution is 7.88. The van der Waals surface area contributed by atoms with E-state index in [2.05, 4.69) is 0 Å². The number of hydrogen-bond donors (Lipinski definition) is 1. The van der Waals surface area contributed by atoms with Crippen LogP contribution >= 0.6 is 11.6 Å². The van der Waals surface area contributed by atoms with E-state index in [0.717, 1.165) is 25.3 Å². The SMILES string of the molecule is CN(CC1CCCC1O)S(=O)(=O)Cc1ccc(F)c(Cl)c1. The van der Waals surface area contributed by atoms with Crippen molar-refractivity contribution in [1.82, 2.24) is 4.31 Å². The van der Waals surface area contributed by atoms with Crippen LogP contribution in [0.3, 0.4) is 0 Å². The van der Waals surface area contributed by atoms with Gasteiger partial charge in [-0.3, -0.25) is 0 Å². The van der Waals surface area contributed by atoms with Crippen LogP contribution in [0.5, 0.6) is 0 Å². The molecule has 0 amide bonds. The zero-order valence-electron chi connectivity index (χ0n) is 11.8. The van der Waals surface area contributed by atoms with Gasteiger partial charge < -0.3 is 5.11 Å². The highest BCUT2D eigenvalue weighted by Gasteiger charge is 2.29. The lowest BCUT2D eigenvalue weighted by molar-refractivity contribution is 0.123. The molecule has 118 valence electrons. The highest BCUT2D eigenvalue weighted by Crippen LogP contribution is 2.27. The van der Waals surface area contributed by atoms with Gasteiger partial charge in [0.2, 0.25) is 10.0 Å². The molecule has 2 rings (SSSR count). The fourth-order valence-electron chi connectivity index (χ4n) is 2.62. The second kappa shape index (κ2) is 6.60. The third-order valence-corrected chi connectivity index (χ3v) is 6.01. The van der Waals surface area contributed by atoms with Gasteiger partial charge in [-0.25, -0.2) is 17.1 Å². The average Bonchev–Trinajstić information content (AvgIpc) is 2.79. The summed E-state index contributed by atoms with van der Waals surface area (Å²) in [5.41, 5.74) is 0.445. The summed E-state index contributed by atoms with van der Waals surface area (Å²) in [4.78, 5) is 0. The Morgan fingerprint density at radius 1 is 1.43 bits per heavy atom. The third kappa shape index (κ3) is 4.16. The summed E-state index contributed by atoms with van der Waals surface area (Å²) >= 11 is 5.66. The van der Waals surface area contributed by atoms with Crippen molar-refractivity contribution in [3.8, 4) is 0 Å². The Bertz CT molecular complexity index is 608. The van der Waals surface area contributed by atoms with E-state index >= 15 is 0 Å². The molecule has 0 bridgehead atoms. The molecule has 0 radical (unpaired) electrons. The zero-order valence-corrected chi connectivity index (χ0v) is 13.4. The topological polar surface area (TPSA) is 57.6 Å². The third-order valence-electron chi connectivity index (χ3n) is 3.92. The van der Waals surface area contributed by atoms with Crippen LogP contribution in [0.1, 0.15) is 24.8 Å². The van der Waals surface area contributed by atoms with Gasteiger partial charge in [-0.2, -0.15) is 0 Å². The van der Waals surface area contributed by atoms with Gasteiger partial charge in [-0.05, 0) is 36.5 Å². The van der Waals surface area contributed by atoms with Crippen molar-refractivity contribution in [3.05, 3.63) is 34.6 Å². The second-order valence-corrected chi connectivity index (χ2v) is 8.03. The molecular formula is C14H19ClFNO3S. The van der Waals surface area contributed by atoms with E-state index in [1.54, 1.807) is 0 Å². The predicted octanol–water partition coefficient (Wildman–Crippen LogP) is 2.40. The van der Waals surface area contributed by atoms with Gasteiger partial charge >= 0.3 is 0 Å². The van der Waals surface area contributed by atoms with Gasteiger partial charge in [0.1, 0.15) is 5.82 Å². The van der Waals surface area contributed by atoms with Crippen LogP contribution in [-0.2, 0) is 15.8 Å². The summed E-state index contributed by atoms with van der Waals surface area (Å²) in [6.45, 7) is 0.304. The van der Waals surface area contributed by atoms with Crippen LogP contribution in [0.2, 0.25) is 5.02 Å². The van der Waals surface area contributed by atoms with E-state index < -0.39 is 21.9 Å². The Morgan fingerprint density at radius 2 is 2.14 bits per heavy atom. The molecule has 4 nitrogen and oxygen atoms in total. The van der Waals surface area contributed by atoms with E-state index in [0.29, 0.717) is 12.1 Å². The maximum atomic E-state index is 13.1. The lowest BCUT2D eigenvalue weighted by atomic mass is 10.1. The minimum Gasteiger partial charge on any atom is -0.393 e. The second-order valence-electron chi connectivity index (χ2n) is 5.54. The van der Waals surface area contributed by atoms with Gasteiger partial charge in [0, 0.05) is 13.6 Å². The summed E-state index contributed by atoms with van der Waals surface area (Å²) in [5.74, 6) is -0.811. The molecule has 1 saturated carbocycles. The van der Waals surface area contributed by atoms with Gasteiger partial charge in [-0.1, -0.05) is 24.1 Å². The fourth-order valence-corrected chi connectivity index (χ4v) is 4.07. The fraction of sp³-hybridized carbons (Fsp3) is 0.571. The van der Waals surface area contributed by atoms with Gasteiger partial charge in [-0.15, -0.1) is 0 Å². The number of halogens is 2. The smallest absolute Gasteiger partial charge is 0.218 e. The van der Waals surface area contributed by atoms with E-state index in [1.807, 2.05) is 0 Å². The zero-order chi connectivity index (χ0) is 15.6. The molecule has 0 aliphatic heterocycles. The first-order chi connectivity index (χ1) is 9.79. The number of benzene rings is 1. The lowest BCUT2D eigenvalue weighted by Crippen LogP contribution is -2.35. The van der Waals surface area contributed by atoms with E-state index in [9.17, 15) is 17.9 Å². The minimum absolute atomic E-state index is 0.0124. The first kappa shape index (κ1) is 16.7. The molecule has 2 unspecified atom stereocenters. The normalized spacial score (nSPS) is 22.9. The summed E-state index contributed by atoms with van der Waals surface area (Å²) in [6, 6.07) is 3.90. The van der Waals surface area contributed by atoms with Crippen LogP contribution in [0.15, 0.2) is 18.2 Å². The molecule has 1 N–H and O–H groups in total. The lowest BCUT2D eigenvalue weighted by Gasteiger charge is -2.23. The van der Waals surface area contributed by atoms with Crippen molar-refractivity contribution in [3.63, 3.8) is 0 Å². The molecule has 0 aromatic heterocycles. The Kier molecular flexibility index (Phi) is 5.24. The molecule has 21 heavy (non-hydrogen) atoms. The molecular weight excluding hydrogens is 317 g/mol. The first-order valence-corrected chi connectivity index (χ1v) is 8.84. The minimum atomic E-state index is -3.51. The number of aliphatic hydroxyl groups excluding tert-OH is 1. The van der Waals surface area contributed by atoms with Gasteiger partial charge in [0.25, 0.3) is 0 Å². The van der Waals surface area contributed by atoms with Crippen LogP contribution in [0, 0.1) is 11.7 Å². The largest absolute Gasteiger partial charge is 0.393 e. The quantitative estimate of drug-likeness (QED) is 0.899. The van der Waals surface area contributed by atoms with Crippen molar-refractivity contribution in [2.45, 2.75) is 31.1 Å². The van der Waals surface area contributed by atoms with Crippen LogP contribution < -0.4 is 0 Å². The molecule has 7 heteroatoms. The molecule has 0 spiro atoms. The Balaban J connectivity index is 2.04. The maximum absolute atomic E-state index is 13.1. The van der Waals surface area contributed by atoms with Gasteiger partial charge in [0.15, 0.2) is 0 Å². The molecule has 1 fully saturated rings. The molecule has 0 heterocycles. The summed E-state index contributed by atoms with van der Waals surface area (Å²) in [6.07, 6.45) is 2.06. The molecule has 2 atom stereocenters. The van der Waals surface area contributed by atoms with E-state index in [-0.39, 0.29) is 16.7 Å². The summed E-state index contributed by atoms with van der Waals surface area (Å²) < 4.78 is 38.9. The van der Waals surface area contributed by atoms with Crippen molar-refractivity contribution < 1.29 is 17.9 Å². The Labute approximate surface area is 129 Å². The van der Waals surface area contributed by atoms with E-state index in [4.69, 9.17) is 11.6 Å². The van der Waals surface area contributed by atoms with Crippen molar-refractivity contribution in [2.75, 3.05) is 13.6 Å². The maximum Gasteiger partial charge on any atom is 0.218 e. The number of rotatable bonds is 5. The highest BCUT2D eigenvalue weighted by atomic mass is 35.5. The van der Waals surface area contributed by atoms with Crippen molar-refractivity contribution in [1.29, 1.82) is 0 Å². The molecule has 1 aromatic carbocycles. The van der Waals surface area contributed by atoms with Crippen LogP contribution in [-0.4, -0.2) is 37.5 Å². The molecule has 1 aliphatic rings. The molecule has 0 saturated heterocycles. The number of hydrogen-bond acceptors (Lipinski definition) is 3. The Hall–Kier alpha value is -0.690. The standard InChI is InChI=1S/C14H19ClFNO3S/c1-17(8-11-3-2-4-14(11)18)21(19,20)9-10-5-6-13(16)12(15)7-10/h5-7,11,14,18H,2-4,8-9H2,1H3. The Morgan fingerprint density at radius 3 is 2.71 bits per heavy atom. The molecule has 1 aromatic rings. The van der Waals surface area contributed by atoms with Crippen LogP contribution in [0.25, 0.3) is 0 Å². The average molecular weight is 336 g/mol. The number of sulfonamides is 1. The van der Waals surface area contributed by atoms with Gasteiger partial charge in [0.05, 0.1) is 16.9 Å². The predicted molar refractivity (Wildman–Crippen MR) is 80.0 cm³/mol. The summed E-state index contributed by atoms with van der Waals surface area (Å²) in [7, 11) is -2.01. The number of aliphatic hydroxyl groups is 1. The monoisotopic (exact) mass is 335 g/mol.